The maximum absolute atomic E-state index is 5.93. The van der Waals surface area contributed by atoms with Crippen molar-refractivity contribution in [3.63, 3.8) is 0 Å². The van der Waals surface area contributed by atoms with Crippen LogP contribution in [0.2, 0.25) is 5.02 Å². The predicted molar refractivity (Wildman–Crippen MR) is 64.2 cm³/mol. The summed E-state index contributed by atoms with van der Waals surface area (Å²) in [5, 5.41) is 0.759. The molecule has 1 aromatic carbocycles. The van der Waals surface area contributed by atoms with Crippen LogP contribution in [0.15, 0.2) is 24.3 Å². The van der Waals surface area contributed by atoms with Crippen molar-refractivity contribution in [2.45, 2.75) is 25.8 Å². The predicted octanol–water partition coefficient (Wildman–Crippen LogP) is 2.64. The Bertz CT molecular complexity index is 273. The third-order valence-corrected chi connectivity index (χ3v) is 2.34. The molecule has 0 amide bonds. The third kappa shape index (κ3) is 5.17. The molecule has 0 fully saturated rings. The highest BCUT2D eigenvalue weighted by molar-refractivity contribution is 6.30. The maximum Gasteiger partial charge on any atom is 0.0620 e. The molecular weight excluding hydrogens is 210 g/mol. The van der Waals surface area contributed by atoms with Gasteiger partial charge in [-0.2, -0.15) is 0 Å². The summed E-state index contributed by atoms with van der Waals surface area (Å²) in [4.78, 5) is 0. The molecule has 0 aliphatic rings. The van der Waals surface area contributed by atoms with Gasteiger partial charge in [0, 0.05) is 17.7 Å². The van der Waals surface area contributed by atoms with Gasteiger partial charge in [-0.3, -0.25) is 0 Å². The van der Waals surface area contributed by atoms with E-state index >= 15 is 0 Å². The van der Waals surface area contributed by atoms with E-state index in [0.717, 1.165) is 24.5 Å². The molecule has 1 rings (SSSR count). The Hall–Kier alpha value is -0.570. The average molecular weight is 228 g/mol. The minimum absolute atomic E-state index is 0.0673. The van der Waals surface area contributed by atoms with Crippen LogP contribution in [0.4, 0.5) is 0 Å². The zero-order valence-corrected chi connectivity index (χ0v) is 9.83. The highest BCUT2D eigenvalue weighted by Crippen LogP contribution is 2.10. The molecular formula is C12H18ClNO. The SMILES string of the molecule is CCCOCC(N)Cc1ccc(Cl)cc1. The fraction of sp³-hybridized carbons (Fsp3) is 0.500. The Balaban J connectivity index is 2.31. The Kier molecular flexibility index (Phi) is 5.69. The summed E-state index contributed by atoms with van der Waals surface area (Å²) in [6.07, 6.45) is 1.87. The summed E-state index contributed by atoms with van der Waals surface area (Å²) in [5.74, 6) is 0. The summed E-state index contributed by atoms with van der Waals surface area (Å²) < 4.78 is 5.39. The maximum atomic E-state index is 5.93. The molecule has 0 heterocycles. The molecule has 0 saturated carbocycles. The molecule has 15 heavy (non-hydrogen) atoms. The number of nitrogens with two attached hydrogens (primary N) is 1. The van der Waals surface area contributed by atoms with Crippen LogP contribution in [-0.4, -0.2) is 19.3 Å². The molecule has 0 saturated heterocycles. The fourth-order valence-electron chi connectivity index (χ4n) is 1.36. The van der Waals surface area contributed by atoms with E-state index in [1.165, 1.54) is 5.56 Å². The largest absolute Gasteiger partial charge is 0.380 e. The molecule has 0 aromatic heterocycles. The van der Waals surface area contributed by atoms with Gasteiger partial charge in [0.1, 0.15) is 0 Å². The molecule has 1 aromatic rings. The second kappa shape index (κ2) is 6.83. The number of halogens is 1. The quantitative estimate of drug-likeness (QED) is 0.759. The van der Waals surface area contributed by atoms with E-state index in [2.05, 4.69) is 6.92 Å². The van der Waals surface area contributed by atoms with E-state index < -0.39 is 0 Å². The van der Waals surface area contributed by atoms with Crippen LogP contribution in [0.5, 0.6) is 0 Å². The van der Waals surface area contributed by atoms with Gasteiger partial charge in [-0.25, -0.2) is 0 Å². The molecule has 1 unspecified atom stereocenters. The first-order valence-electron chi connectivity index (χ1n) is 5.30. The summed E-state index contributed by atoms with van der Waals surface area (Å²) >= 11 is 5.79. The first-order valence-corrected chi connectivity index (χ1v) is 5.68. The Morgan fingerprint density at radius 1 is 1.33 bits per heavy atom. The molecule has 3 heteroatoms. The number of hydrogen-bond donors (Lipinski definition) is 1. The lowest BCUT2D eigenvalue weighted by Crippen LogP contribution is -2.28. The second-order valence-electron chi connectivity index (χ2n) is 3.67. The molecule has 0 aliphatic carbocycles. The topological polar surface area (TPSA) is 35.2 Å². The summed E-state index contributed by atoms with van der Waals surface area (Å²) in [6.45, 7) is 3.50. The molecule has 84 valence electrons. The van der Waals surface area contributed by atoms with Gasteiger partial charge in [-0.15, -0.1) is 0 Å². The van der Waals surface area contributed by atoms with Crippen LogP contribution in [0, 0.1) is 0 Å². The minimum Gasteiger partial charge on any atom is -0.380 e. The highest BCUT2D eigenvalue weighted by atomic mass is 35.5. The molecule has 0 spiro atoms. The monoisotopic (exact) mass is 227 g/mol. The van der Waals surface area contributed by atoms with E-state index in [-0.39, 0.29) is 6.04 Å². The zero-order valence-electron chi connectivity index (χ0n) is 9.08. The molecule has 2 nitrogen and oxygen atoms in total. The number of hydrogen-bond acceptors (Lipinski definition) is 2. The van der Waals surface area contributed by atoms with Crippen LogP contribution in [0.25, 0.3) is 0 Å². The van der Waals surface area contributed by atoms with Gasteiger partial charge >= 0.3 is 0 Å². The Morgan fingerprint density at radius 3 is 2.60 bits per heavy atom. The van der Waals surface area contributed by atoms with E-state index in [1.54, 1.807) is 0 Å². The van der Waals surface area contributed by atoms with Crippen molar-refractivity contribution in [1.82, 2.24) is 0 Å². The van der Waals surface area contributed by atoms with Gasteiger partial charge in [-0.05, 0) is 30.5 Å². The molecule has 2 N–H and O–H groups in total. The number of ether oxygens (including phenoxy) is 1. The van der Waals surface area contributed by atoms with Crippen molar-refractivity contribution in [3.8, 4) is 0 Å². The summed E-state index contributed by atoms with van der Waals surface area (Å²) in [6, 6.07) is 7.84. The van der Waals surface area contributed by atoms with Gasteiger partial charge in [0.2, 0.25) is 0 Å². The lowest BCUT2D eigenvalue weighted by atomic mass is 10.1. The minimum atomic E-state index is 0.0673. The molecule has 0 radical (unpaired) electrons. The van der Waals surface area contributed by atoms with Crippen LogP contribution in [0.1, 0.15) is 18.9 Å². The van der Waals surface area contributed by atoms with Crippen LogP contribution < -0.4 is 5.73 Å². The van der Waals surface area contributed by atoms with Crippen molar-refractivity contribution in [1.29, 1.82) is 0 Å². The van der Waals surface area contributed by atoms with Gasteiger partial charge < -0.3 is 10.5 Å². The zero-order chi connectivity index (χ0) is 11.1. The van der Waals surface area contributed by atoms with Gasteiger partial charge in [0.25, 0.3) is 0 Å². The highest BCUT2D eigenvalue weighted by Gasteiger charge is 2.03. The Morgan fingerprint density at radius 2 is 2.00 bits per heavy atom. The summed E-state index contributed by atoms with van der Waals surface area (Å²) in [7, 11) is 0. The third-order valence-electron chi connectivity index (χ3n) is 2.09. The summed E-state index contributed by atoms with van der Waals surface area (Å²) in [5.41, 5.74) is 7.13. The first kappa shape index (κ1) is 12.5. The first-order chi connectivity index (χ1) is 7.22. The van der Waals surface area contributed by atoms with Crippen molar-refractivity contribution >= 4 is 11.6 Å². The lowest BCUT2D eigenvalue weighted by molar-refractivity contribution is 0.121. The fourth-order valence-corrected chi connectivity index (χ4v) is 1.49. The van der Waals surface area contributed by atoms with Crippen LogP contribution in [-0.2, 0) is 11.2 Å². The molecule has 0 aliphatic heterocycles. The van der Waals surface area contributed by atoms with Gasteiger partial charge in [-0.1, -0.05) is 30.7 Å². The van der Waals surface area contributed by atoms with Crippen LogP contribution >= 0.6 is 11.6 Å². The van der Waals surface area contributed by atoms with E-state index in [9.17, 15) is 0 Å². The van der Waals surface area contributed by atoms with Gasteiger partial charge in [0.05, 0.1) is 6.61 Å². The normalized spacial score (nSPS) is 12.7. The lowest BCUT2D eigenvalue weighted by Gasteiger charge is -2.11. The molecule has 1 atom stereocenters. The van der Waals surface area contributed by atoms with Crippen molar-refractivity contribution in [2.75, 3.05) is 13.2 Å². The van der Waals surface area contributed by atoms with E-state index in [4.69, 9.17) is 22.1 Å². The average Bonchev–Trinajstić information content (AvgIpc) is 2.22. The van der Waals surface area contributed by atoms with E-state index in [0.29, 0.717) is 6.61 Å². The smallest absolute Gasteiger partial charge is 0.0620 e. The van der Waals surface area contributed by atoms with E-state index in [1.807, 2.05) is 24.3 Å². The van der Waals surface area contributed by atoms with Crippen molar-refractivity contribution in [3.05, 3.63) is 34.9 Å². The standard InChI is InChI=1S/C12H18ClNO/c1-2-7-15-9-12(14)8-10-3-5-11(13)6-4-10/h3-6,12H,2,7-9,14H2,1H3. The second-order valence-corrected chi connectivity index (χ2v) is 4.10. The van der Waals surface area contributed by atoms with Crippen molar-refractivity contribution < 1.29 is 4.74 Å². The van der Waals surface area contributed by atoms with Gasteiger partial charge in [0.15, 0.2) is 0 Å². The molecule has 0 bridgehead atoms. The number of benzene rings is 1. The number of rotatable bonds is 6. The van der Waals surface area contributed by atoms with Crippen molar-refractivity contribution in [2.24, 2.45) is 5.73 Å². The Labute approximate surface area is 96.4 Å². The van der Waals surface area contributed by atoms with Crippen LogP contribution in [0.3, 0.4) is 0 Å².